The maximum Gasteiger partial charge on any atom is 0.519 e. The van der Waals surface area contributed by atoms with Crippen molar-refractivity contribution in [3.8, 4) is 0 Å². The number of aryl methyl sites for hydroxylation is 1. The summed E-state index contributed by atoms with van der Waals surface area (Å²) in [6.45, 7) is 13.6. The van der Waals surface area contributed by atoms with Gasteiger partial charge < -0.3 is 23.4 Å². The van der Waals surface area contributed by atoms with E-state index in [1.54, 1.807) is 6.92 Å². The van der Waals surface area contributed by atoms with Crippen LogP contribution in [0.4, 0.5) is 0 Å². The maximum atomic E-state index is 14.8. The topological polar surface area (TPSA) is 167 Å². The van der Waals surface area contributed by atoms with Crippen LogP contribution in [0.1, 0.15) is 111 Å². The number of hydrogen-bond donors (Lipinski definition) is 1. The Labute approximate surface area is 290 Å². The molecule has 1 N–H and O–H groups in total. The molecule has 1 heterocycles. The number of rotatable bonds is 7. The van der Waals surface area contributed by atoms with Gasteiger partial charge in [-0.25, -0.2) is 9.59 Å². The molecule has 5 aliphatic carbocycles. The second-order valence-corrected chi connectivity index (χ2v) is 17.7. The highest BCUT2D eigenvalue weighted by atomic mass is 32.1. The molecule has 0 aromatic carbocycles. The summed E-state index contributed by atoms with van der Waals surface area (Å²) in [5.74, 6) is -4.07. The van der Waals surface area contributed by atoms with Crippen LogP contribution in [0, 0.1) is 57.2 Å². The van der Waals surface area contributed by atoms with Crippen LogP contribution >= 0.6 is 0 Å². The lowest BCUT2D eigenvalue weighted by molar-refractivity contribution is -0.224. The van der Waals surface area contributed by atoms with Crippen molar-refractivity contribution in [3.63, 3.8) is 0 Å². The van der Waals surface area contributed by atoms with E-state index in [4.69, 9.17) is 18.3 Å². The Morgan fingerprint density at radius 1 is 0.959 bits per heavy atom. The highest BCUT2D eigenvalue weighted by molar-refractivity contribution is 7.66. The standard InChI is InChI=1S/C37H48O11S/c1-20-24(47-31(43)46-20)18-45-30(42)37(7)25-8-11-36(6)28(34(25,4)10-9-26(37)48-27(39)19-49-44)23(38)16-21-22-17-33(3,29(40)41)13-12-32(22,2)14-15-35(21,36)5/h16,22,25-26,28H,8-15,17-19H2,1-7H3/p+1/t22-,25+,26-,28+,32+,33-,34-,35+,36+,37-/m0/s1. The quantitative estimate of drug-likeness (QED) is 0.263. The summed E-state index contributed by atoms with van der Waals surface area (Å²) in [5.41, 5.74) is -2.72. The van der Waals surface area contributed by atoms with Crippen LogP contribution in [0.2, 0.25) is 0 Å². The number of hydrogen-bond acceptors (Lipinski definition) is 10. The Morgan fingerprint density at radius 3 is 2.29 bits per heavy atom. The van der Waals surface area contributed by atoms with Crippen LogP contribution in [0.5, 0.6) is 0 Å². The Balaban J connectivity index is 1.40. The third kappa shape index (κ3) is 5.12. The fourth-order valence-electron chi connectivity index (χ4n) is 11.5. The van der Waals surface area contributed by atoms with Crippen molar-refractivity contribution in [2.75, 3.05) is 5.75 Å². The molecule has 0 aliphatic heterocycles. The number of ether oxygens (including phenoxy) is 2. The number of carboxylic acids is 1. The van der Waals surface area contributed by atoms with Gasteiger partial charge >= 0.3 is 41.1 Å². The van der Waals surface area contributed by atoms with Gasteiger partial charge in [0.1, 0.15) is 11.5 Å². The van der Waals surface area contributed by atoms with Gasteiger partial charge in [-0.05, 0) is 118 Å². The third-order valence-electron chi connectivity index (χ3n) is 14.8. The van der Waals surface area contributed by atoms with Crippen molar-refractivity contribution in [2.24, 2.45) is 50.2 Å². The molecular weight excluding hydrogens is 652 g/mol. The first-order chi connectivity index (χ1) is 22.8. The molecule has 12 heteroatoms. The fourth-order valence-corrected chi connectivity index (χ4v) is 11.7. The number of carbonyl (C=O) groups is 4. The van der Waals surface area contributed by atoms with Crippen molar-refractivity contribution < 1.29 is 46.8 Å². The highest BCUT2D eigenvalue weighted by Gasteiger charge is 2.72. The molecule has 1 aromatic heterocycles. The van der Waals surface area contributed by atoms with E-state index in [9.17, 15) is 33.3 Å². The van der Waals surface area contributed by atoms with Crippen molar-refractivity contribution in [2.45, 2.75) is 119 Å². The third-order valence-corrected chi connectivity index (χ3v) is 15.1. The van der Waals surface area contributed by atoms with Crippen LogP contribution in [-0.4, -0.2) is 40.7 Å². The summed E-state index contributed by atoms with van der Waals surface area (Å²) in [5, 5.41) is 10.2. The zero-order valence-electron chi connectivity index (χ0n) is 29.6. The van der Waals surface area contributed by atoms with Gasteiger partial charge in [-0.1, -0.05) is 33.3 Å². The Bertz CT molecular complexity index is 1690. The van der Waals surface area contributed by atoms with Gasteiger partial charge in [0, 0.05) is 10.1 Å². The molecule has 10 atom stereocenters. The van der Waals surface area contributed by atoms with E-state index in [1.807, 2.05) is 13.0 Å². The van der Waals surface area contributed by atoms with Gasteiger partial charge in [-0.3, -0.25) is 14.4 Å². The molecule has 0 spiro atoms. The van der Waals surface area contributed by atoms with Gasteiger partial charge in [-0.15, -0.1) is 0 Å². The first kappa shape index (κ1) is 35.7. The summed E-state index contributed by atoms with van der Waals surface area (Å²) < 4.78 is 32.8. The minimum Gasteiger partial charge on any atom is -0.481 e. The molecule has 6 rings (SSSR count). The van der Waals surface area contributed by atoms with E-state index < -0.39 is 69.1 Å². The number of allylic oxidation sites excluding steroid dienone is 2. The minimum absolute atomic E-state index is 0.0127. The van der Waals surface area contributed by atoms with E-state index in [0.717, 1.165) is 24.8 Å². The van der Waals surface area contributed by atoms with E-state index in [2.05, 4.69) is 27.7 Å². The average Bonchev–Trinajstić information content (AvgIpc) is 3.35. The number of carboxylic acid groups (broad SMARTS) is 1. The number of ketones is 1. The predicted molar refractivity (Wildman–Crippen MR) is 176 cm³/mol. The summed E-state index contributed by atoms with van der Waals surface area (Å²) in [7, 11) is 0. The van der Waals surface area contributed by atoms with Crippen molar-refractivity contribution >= 4 is 35.4 Å². The summed E-state index contributed by atoms with van der Waals surface area (Å²) in [6.07, 6.45) is 6.71. The van der Waals surface area contributed by atoms with Crippen molar-refractivity contribution in [1.29, 1.82) is 0 Å². The molecule has 1 aromatic rings. The lowest BCUT2D eigenvalue weighted by Crippen LogP contribution is -2.68. The first-order valence-electron chi connectivity index (χ1n) is 17.5. The lowest BCUT2D eigenvalue weighted by atomic mass is 9.33. The van der Waals surface area contributed by atoms with Crippen LogP contribution in [0.25, 0.3) is 0 Å². The van der Waals surface area contributed by atoms with Crippen LogP contribution in [0.3, 0.4) is 0 Å². The zero-order valence-corrected chi connectivity index (χ0v) is 30.4. The van der Waals surface area contributed by atoms with E-state index >= 15 is 0 Å². The zero-order chi connectivity index (χ0) is 35.9. The Hall–Kier alpha value is -3.15. The van der Waals surface area contributed by atoms with Gasteiger partial charge in [0.05, 0.1) is 5.41 Å². The maximum absolute atomic E-state index is 14.8. The predicted octanol–water partition coefficient (Wildman–Crippen LogP) is 5.97. The van der Waals surface area contributed by atoms with Crippen LogP contribution in [0.15, 0.2) is 25.3 Å². The van der Waals surface area contributed by atoms with Gasteiger partial charge in [-0.2, -0.15) is 0 Å². The molecule has 0 saturated heterocycles. The number of fused-ring (bicyclic) bond motifs is 7. The largest absolute Gasteiger partial charge is 0.519 e. The van der Waals surface area contributed by atoms with E-state index in [0.29, 0.717) is 38.5 Å². The lowest BCUT2D eigenvalue weighted by Gasteiger charge is -2.70. The minimum atomic E-state index is -1.38. The Kier molecular flexibility index (Phi) is 8.52. The fraction of sp³-hybridized carbons (Fsp3) is 0.757. The average molecular weight is 702 g/mol. The van der Waals surface area contributed by atoms with Crippen LogP contribution < -0.4 is 5.82 Å². The van der Waals surface area contributed by atoms with Gasteiger partial charge in [0.2, 0.25) is 0 Å². The molecule has 4 fully saturated rings. The van der Waals surface area contributed by atoms with E-state index in [-0.39, 0.29) is 52.3 Å². The molecule has 11 nitrogen and oxygen atoms in total. The second kappa shape index (κ2) is 11.7. The smallest absolute Gasteiger partial charge is 0.481 e. The second-order valence-electron chi connectivity index (χ2n) is 17.1. The highest BCUT2D eigenvalue weighted by Crippen LogP contribution is 2.75. The molecule has 268 valence electrons. The normalized spacial score (nSPS) is 42.8. The molecule has 0 radical (unpaired) electrons. The molecule has 0 unspecified atom stereocenters. The van der Waals surface area contributed by atoms with Crippen molar-refractivity contribution in [3.05, 3.63) is 33.8 Å². The molecule has 0 bridgehead atoms. The van der Waals surface area contributed by atoms with Gasteiger partial charge in [0.15, 0.2) is 23.9 Å². The van der Waals surface area contributed by atoms with Gasteiger partial charge in [0.25, 0.3) is 0 Å². The Morgan fingerprint density at radius 2 is 1.65 bits per heavy atom. The summed E-state index contributed by atoms with van der Waals surface area (Å²) in [4.78, 5) is 65.8. The van der Waals surface area contributed by atoms with Crippen molar-refractivity contribution in [1.82, 2.24) is 0 Å². The van der Waals surface area contributed by atoms with E-state index in [1.165, 1.54) is 6.92 Å². The molecule has 49 heavy (non-hydrogen) atoms. The summed E-state index contributed by atoms with van der Waals surface area (Å²) in [6, 6.07) is 0. The SMILES string of the molecule is Cc1oc(=O)oc1COC(=O)[C@]1(C)[C@@H](OC(=O)C[S+]=O)CC[C@@]2(C)[C@H]1CC[C@]1(C)[C@@H]2C(=O)C=C2[C@@H]3C[C@@](C)(C(=O)O)CC[C@]3(C)CC[C@]21C. The van der Waals surface area contributed by atoms with Crippen LogP contribution in [-0.2, 0) is 51.1 Å². The number of esters is 2. The molecule has 5 aliphatic rings. The molecule has 0 amide bonds. The summed E-state index contributed by atoms with van der Waals surface area (Å²) >= 11 is 0.0971. The molecule has 4 saturated carbocycles. The first-order valence-corrected chi connectivity index (χ1v) is 18.4. The monoisotopic (exact) mass is 701 g/mol. The molecular formula is C37H49O11S+. The number of aliphatic carboxylic acids is 1. The number of carbonyl (C=O) groups excluding carboxylic acids is 3.